The molecule has 3 unspecified atom stereocenters. The summed E-state index contributed by atoms with van der Waals surface area (Å²) in [5.41, 5.74) is -3.85. The summed E-state index contributed by atoms with van der Waals surface area (Å²) in [6.07, 6.45) is -0.840. The Morgan fingerprint density at radius 2 is 1.62 bits per heavy atom. The molecule has 0 aliphatic heterocycles. The number of halogens is 2. The van der Waals surface area contributed by atoms with Crippen molar-refractivity contribution in [3.63, 3.8) is 0 Å². The van der Waals surface area contributed by atoms with Crippen molar-refractivity contribution in [3.05, 3.63) is 35.4 Å². The quantitative estimate of drug-likeness (QED) is 0.660. The Morgan fingerprint density at radius 3 is 2.00 bits per heavy atom. The third kappa shape index (κ3) is 5.31. The summed E-state index contributed by atoms with van der Waals surface area (Å²) in [5, 5.41) is 29.6. The van der Waals surface area contributed by atoms with Gasteiger partial charge in [0.2, 0.25) is 0 Å². The molecule has 1 aromatic rings. The molecule has 0 saturated carbocycles. The first kappa shape index (κ1) is 24.5. The van der Waals surface area contributed by atoms with E-state index >= 15 is 0 Å². The minimum Gasteiger partial charge on any atom is -0.481 e. The molecule has 0 fully saturated rings. The molecule has 0 heterocycles. The molecule has 0 aliphatic rings. The van der Waals surface area contributed by atoms with Gasteiger partial charge in [-0.1, -0.05) is 41.5 Å². The summed E-state index contributed by atoms with van der Waals surface area (Å²) >= 11 is 0. The average Bonchev–Trinajstić information content (AvgIpc) is 2.54. The summed E-state index contributed by atoms with van der Waals surface area (Å²) in [4.78, 5) is 23.6. The van der Waals surface area contributed by atoms with E-state index in [1.165, 1.54) is 0 Å². The van der Waals surface area contributed by atoms with Crippen LogP contribution in [0.25, 0.3) is 0 Å². The van der Waals surface area contributed by atoms with Crippen molar-refractivity contribution in [3.8, 4) is 6.07 Å². The highest BCUT2D eigenvalue weighted by molar-refractivity contribution is 5.72. The number of rotatable bonds is 7. The van der Waals surface area contributed by atoms with Gasteiger partial charge in [0, 0.05) is 17.9 Å². The lowest BCUT2D eigenvalue weighted by molar-refractivity contribution is -0.153. The first-order valence-corrected chi connectivity index (χ1v) is 9.39. The van der Waals surface area contributed by atoms with Gasteiger partial charge in [0.1, 0.15) is 11.6 Å². The second-order valence-corrected chi connectivity index (χ2v) is 9.63. The first-order valence-electron chi connectivity index (χ1n) is 9.39. The van der Waals surface area contributed by atoms with E-state index in [1.807, 2.05) is 6.07 Å². The van der Waals surface area contributed by atoms with Gasteiger partial charge in [-0.05, 0) is 35.4 Å². The SMILES string of the molecule is CC(C)(C)C(C(=O)O)C(C(C)(C)C)C(C#N)(CCC(=O)O)c1cc(F)ccc1F. The fourth-order valence-electron chi connectivity index (χ4n) is 4.32. The van der Waals surface area contributed by atoms with E-state index in [-0.39, 0.29) is 12.0 Å². The van der Waals surface area contributed by atoms with Gasteiger partial charge >= 0.3 is 11.9 Å². The Labute approximate surface area is 170 Å². The topological polar surface area (TPSA) is 98.4 Å². The minimum absolute atomic E-state index is 0.309. The largest absolute Gasteiger partial charge is 0.481 e. The van der Waals surface area contributed by atoms with E-state index in [0.717, 1.165) is 18.2 Å². The third-order valence-corrected chi connectivity index (χ3v) is 5.34. The number of carboxylic acid groups (broad SMARTS) is 2. The smallest absolute Gasteiger partial charge is 0.307 e. The lowest BCUT2D eigenvalue weighted by Crippen LogP contribution is -2.52. The Morgan fingerprint density at radius 1 is 1.07 bits per heavy atom. The number of aliphatic carboxylic acids is 2. The summed E-state index contributed by atoms with van der Waals surface area (Å²) < 4.78 is 28.9. The monoisotopic (exact) mass is 409 g/mol. The summed E-state index contributed by atoms with van der Waals surface area (Å²) in [6.45, 7) is 10.3. The van der Waals surface area contributed by atoms with Crippen LogP contribution in [-0.4, -0.2) is 22.2 Å². The van der Waals surface area contributed by atoms with Crippen LogP contribution in [0.2, 0.25) is 0 Å². The molecule has 0 saturated heterocycles. The van der Waals surface area contributed by atoms with Crippen molar-refractivity contribution in [2.24, 2.45) is 22.7 Å². The van der Waals surface area contributed by atoms with Crippen molar-refractivity contribution >= 4 is 11.9 Å². The van der Waals surface area contributed by atoms with E-state index in [4.69, 9.17) is 0 Å². The number of carbonyl (C=O) groups is 2. The second-order valence-electron chi connectivity index (χ2n) is 9.63. The van der Waals surface area contributed by atoms with Crippen LogP contribution < -0.4 is 0 Å². The van der Waals surface area contributed by atoms with Crippen molar-refractivity contribution < 1.29 is 28.6 Å². The Balaban J connectivity index is 4.01. The highest BCUT2D eigenvalue weighted by Crippen LogP contribution is 2.54. The Bertz CT molecular complexity index is 818. The zero-order chi connectivity index (χ0) is 22.8. The maximum absolute atomic E-state index is 14.9. The standard InChI is InChI=1S/C22H29F2NO4/c1-20(2,3)17(19(28)29)18(21(4,5)6)22(12-25,10-9-16(26)27)14-11-13(23)7-8-15(14)24/h7-8,11,17-18H,9-10H2,1-6H3,(H,26,27)(H,28,29). The highest BCUT2D eigenvalue weighted by Gasteiger charge is 2.56. The molecule has 29 heavy (non-hydrogen) atoms. The molecule has 2 N–H and O–H groups in total. The maximum atomic E-state index is 14.9. The van der Waals surface area contributed by atoms with Gasteiger partial charge in [-0.2, -0.15) is 5.26 Å². The van der Waals surface area contributed by atoms with Crippen LogP contribution in [0.5, 0.6) is 0 Å². The molecule has 1 aromatic carbocycles. The molecule has 0 aromatic heterocycles. The van der Waals surface area contributed by atoms with Crippen molar-refractivity contribution in [2.45, 2.75) is 59.8 Å². The van der Waals surface area contributed by atoms with Crippen molar-refractivity contribution in [2.75, 3.05) is 0 Å². The highest BCUT2D eigenvalue weighted by atomic mass is 19.1. The zero-order valence-electron chi connectivity index (χ0n) is 17.7. The molecule has 0 radical (unpaired) electrons. The molecule has 0 spiro atoms. The predicted molar refractivity (Wildman–Crippen MR) is 104 cm³/mol. The maximum Gasteiger partial charge on any atom is 0.307 e. The summed E-state index contributed by atoms with van der Waals surface area (Å²) in [7, 11) is 0. The Hall–Kier alpha value is -2.49. The molecule has 3 atom stereocenters. The number of carboxylic acids is 2. The molecule has 160 valence electrons. The lowest BCUT2D eigenvalue weighted by Gasteiger charge is -2.49. The van der Waals surface area contributed by atoms with Gasteiger partial charge < -0.3 is 10.2 Å². The fourth-order valence-corrected chi connectivity index (χ4v) is 4.32. The van der Waals surface area contributed by atoms with Crippen LogP contribution in [0.3, 0.4) is 0 Å². The van der Waals surface area contributed by atoms with Crippen LogP contribution in [-0.2, 0) is 15.0 Å². The molecule has 7 heteroatoms. The molecular formula is C22H29F2NO4. The van der Waals surface area contributed by atoms with E-state index in [2.05, 4.69) is 0 Å². The first-order chi connectivity index (χ1) is 13.1. The van der Waals surface area contributed by atoms with Crippen LogP contribution in [0, 0.1) is 45.6 Å². The summed E-state index contributed by atoms with van der Waals surface area (Å²) in [5.74, 6) is -6.18. The number of benzene rings is 1. The molecular weight excluding hydrogens is 380 g/mol. The van der Waals surface area contributed by atoms with Crippen molar-refractivity contribution in [1.29, 1.82) is 5.26 Å². The third-order valence-electron chi connectivity index (χ3n) is 5.34. The van der Waals surface area contributed by atoms with Crippen LogP contribution in [0.1, 0.15) is 59.9 Å². The van der Waals surface area contributed by atoms with E-state index in [0.29, 0.717) is 0 Å². The second kappa shape index (κ2) is 8.48. The van der Waals surface area contributed by atoms with Gasteiger partial charge in [0.05, 0.1) is 17.4 Å². The van der Waals surface area contributed by atoms with E-state index in [1.54, 1.807) is 41.5 Å². The molecule has 5 nitrogen and oxygen atoms in total. The number of nitriles is 1. The number of hydrogen-bond donors (Lipinski definition) is 2. The van der Waals surface area contributed by atoms with Gasteiger partial charge in [0.15, 0.2) is 0 Å². The van der Waals surface area contributed by atoms with Crippen LogP contribution in [0.4, 0.5) is 8.78 Å². The van der Waals surface area contributed by atoms with Crippen molar-refractivity contribution in [1.82, 2.24) is 0 Å². The van der Waals surface area contributed by atoms with E-state index in [9.17, 15) is 33.8 Å². The molecule has 0 amide bonds. The van der Waals surface area contributed by atoms with E-state index < -0.39 is 58.1 Å². The van der Waals surface area contributed by atoms with Gasteiger partial charge in [0.25, 0.3) is 0 Å². The molecule has 0 aliphatic carbocycles. The minimum atomic E-state index is -1.86. The molecule has 1 rings (SSSR count). The predicted octanol–water partition coefficient (Wildman–Crippen LogP) is 5.00. The normalized spacial score (nSPS) is 16.4. The summed E-state index contributed by atoms with van der Waals surface area (Å²) in [6, 6.07) is 4.70. The zero-order valence-corrected chi connectivity index (χ0v) is 17.7. The lowest BCUT2D eigenvalue weighted by atomic mass is 9.51. The van der Waals surface area contributed by atoms with Gasteiger partial charge in [-0.15, -0.1) is 0 Å². The van der Waals surface area contributed by atoms with Crippen LogP contribution >= 0.6 is 0 Å². The average molecular weight is 409 g/mol. The number of nitrogens with zero attached hydrogens (tertiary/aromatic N) is 1. The van der Waals surface area contributed by atoms with Crippen LogP contribution in [0.15, 0.2) is 18.2 Å². The Kier molecular flexibility index (Phi) is 7.18. The fraction of sp³-hybridized carbons (Fsp3) is 0.591. The molecule has 0 bridgehead atoms. The number of hydrogen-bond acceptors (Lipinski definition) is 3. The van der Waals surface area contributed by atoms with Gasteiger partial charge in [-0.25, -0.2) is 8.78 Å². The van der Waals surface area contributed by atoms with Gasteiger partial charge in [-0.3, -0.25) is 9.59 Å².